The predicted molar refractivity (Wildman–Crippen MR) is 79.7 cm³/mol. The number of rotatable bonds is 3. The van der Waals surface area contributed by atoms with Crippen LogP contribution in [0.3, 0.4) is 0 Å². The first kappa shape index (κ1) is 14.6. The molecule has 0 aliphatic heterocycles. The molecule has 1 amide bonds. The zero-order chi connectivity index (χ0) is 14.0. The summed E-state index contributed by atoms with van der Waals surface area (Å²) in [6.07, 6.45) is 4.82. The Labute approximate surface area is 123 Å². The van der Waals surface area contributed by atoms with E-state index in [0.717, 1.165) is 23.5 Å². The molecule has 1 aliphatic rings. The van der Waals surface area contributed by atoms with Crippen LogP contribution < -0.4 is 5.32 Å². The average molecular weight is 328 g/mol. The monoisotopic (exact) mass is 327 g/mol. The highest BCUT2D eigenvalue weighted by Crippen LogP contribution is 2.28. The van der Waals surface area contributed by atoms with Crippen molar-refractivity contribution in [2.24, 2.45) is 13.0 Å². The first-order chi connectivity index (χ1) is 8.99. The maximum absolute atomic E-state index is 12.2. The van der Waals surface area contributed by atoms with Gasteiger partial charge in [0.2, 0.25) is 0 Å². The van der Waals surface area contributed by atoms with Crippen molar-refractivity contribution in [3.05, 3.63) is 17.0 Å². The lowest BCUT2D eigenvalue weighted by atomic mass is 9.89. The number of nitrogens with one attached hydrogen (secondary N) is 1. The molecule has 4 nitrogen and oxygen atoms in total. The minimum absolute atomic E-state index is 0.0177. The van der Waals surface area contributed by atoms with Gasteiger partial charge < -0.3 is 5.32 Å². The molecule has 1 N–H and O–H groups in total. The second-order valence-corrected chi connectivity index (χ2v) is 6.79. The molecular weight excluding hydrogens is 306 g/mol. The van der Waals surface area contributed by atoms with Crippen molar-refractivity contribution in [2.45, 2.75) is 44.4 Å². The van der Waals surface area contributed by atoms with Crippen LogP contribution in [-0.4, -0.2) is 27.1 Å². The summed E-state index contributed by atoms with van der Waals surface area (Å²) >= 11 is 3.66. The van der Waals surface area contributed by atoms with E-state index in [4.69, 9.17) is 0 Å². The van der Waals surface area contributed by atoms with E-state index in [1.54, 1.807) is 4.68 Å². The van der Waals surface area contributed by atoms with Crippen molar-refractivity contribution in [2.75, 3.05) is 6.54 Å². The third-order valence-corrected chi connectivity index (χ3v) is 4.98. The van der Waals surface area contributed by atoms with Gasteiger partial charge in [0.25, 0.3) is 5.91 Å². The lowest BCUT2D eigenvalue weighted by Crippen LogP contribution is -2.32. The van der Waals surface area contributed by atoms with E-state index in [1.807, 2.05) is 20.9 Å². The van der Waals surface area contributed by atoms with Crippen molar-refractivity contribution in [3.63, 3.8) is 0 Å². The van der Waals surface area contributed by atoms with E-state index in [0.29, 0.717) is 10.7 Å². The Morgan fingerprint density at radius 2 is 2.00 bits per heavy atom. The third-order valence-electron chi connectivity index (χ3n) is 4.06. The Kier molecular flexibility index (Phi) is 4.66. The fourth-order valence-corrected chi connectivity index (χ4v) is 3.28. The molecule has 0 spiro atoms. The molecule has 0 unspecified atom stereocenters. The Balaban J connectivity index is 1.91. The summed E-state index contributed by atoms with van der Waals surface area (Å²) < 4.78 is 1.76. The average Bonchev–Trinajstić information content (AvgIpc) is 2.62. The van der Waals surface area contributed by atoms with E-state index in [1.165, 1.54) is 25.7 Å². The van der Waals surface area contributed by atoms with Gasteiger partial charge in [0, 0.05) is 24.1 Å². The largest absolute Gasteiger partial charge is 0.352 e. The van der Waals surface area contributed by atoms with Crippen LogP contribution in [0.5, 0.6) is 0 Å². The normalized spacial score (nSPS) is 23.4. The van der Waals surface area contributed by atoms with Gasteiger partial charge in [0.15, 0.2) is 0 Å². The molecule has 19 heavy (non-hydrogen) atoms. The smallest absolute Gasteiger partial charge is 0.255 e. The molecule has 1 aromatic heterocycles. The van der Waals surface area contributed by atoms with Crippen molar-refractivity contribution < 1.29 is 4.79 Å². The number of nitrogens with zero attached hydrogens (tertiary/aromatic N) is 2. The number of hydrogen-bond donors (Lipinski definition) is 1. The number of carbonyl (C=O) groups excluding carboxylic acids is 1. The van der Waals surface area contributed by atoms with Gasteiger partial charge in [-0.3, -0.25) is 9.48 Å². The van der Waals surface area contributed by atoms with E-state index >= 15 is 0 Å². The summed E-state index contributed by atoms with van der Waals surface area (Å²) in [4.78, 5) is 12.9. The molecule has 106 valence electrons. The summed E-state index contributed by atoms with van der Waals surface area (Å²) in [5, 5.41) is 7.36. The minimum atomic E-state index is 0.0177. The van der Waals surface area contributed by atoms with E-state index in [-0.39, 0.29) is 5.91 Å². The molecule has 0 atom stereocenters. The first-order valence-corrected chi connectivity index (χ1v) is 7.83. The number of amides is 1. The number of aryl methyl sites for hydroxylation is 2. The van der Waals surface area contributed by atoms with Crippen molar-refractivity contribution in [1.82, 2.24) is 15.1 Å². The Bertz CT molecular complexity index is 462. The standard InChI is InChI=1S/C14H22BrN3O/c1-9-13(10(2)18(3)17-9)14(19)16-8-11-4-6-12(15)7-5-11/h11-12H,4-8H2,1-3H3,(H,16,19). The molecule has 1 fully saturated rings. The van der Waals surface area contributed by atoms with Gasteiger partial charge >= 0.3 is 0 Å². The summed E-state index contributed by atoms with van der Waals surface area (Å²) in [7, 11) is 1.87. The molecule has 0 aromatic carbocycles. The van der Waals surface area contributed by atoms with Crippen LogP contribution in [0.15, 0.2) is 0 Å². The molecule has 0 saturated heterocycles. The number of alkyl halides is 1. The van der Waals surface area contributed by atoms with Gasteiger partial charge in [-0.05, 0) is 45.4 Å². The zero-order valence-corrected chi connectivity index (χ0v) is 13.5. The van der Waals surface area contributed by atoms with E-state index in [9.17, 15) is 4.79 Å². The maximum Gasteiger partial charge on any atom is 0.255 e. The zero-order valence-electron chi connectivity index (χ0n) is 11.9. The second-order valence-electron chi connectivity index (χ2n) is 5.50. The third kappa shape index (κ3) is 3.38. The molecule has 1 aromatic rings. The van der Waals surface area contributed by atoms with Crippen LogP contribution in [0.2, 0.25) is 0 Å². The fraction of sp³-hybridized carbons (Fsp3) is 0.714. The molecule has 0 bridgehead atoms. The highest BCUT2D eigenvalue weighted by Gasteiger charge is 2.21. The summed E-state index contributed by atoms with van der Waals surface area (Å²) in [5.74, 6) is 0.638. The molecule has 1 saturated carbocycles. The first-order valence-electron chi connectivity index (χ1n) is 6.91. The molecule has 2 rings (SSSR count). The van der Waals surface area contributed by atoms with Crippen LogP contribution in [0.1, 0.15) is 47.4 Å². The van der Waals surface area contributed by atoms with Gasteiger partial charge in [0.05, 0.1) is 11.3 Å². The topological polar surface area (TPSA) is 46.9 Å². The number of aromatic nitrogens is 2. The molecule has 1 aliphatic carbocycles. The summed E-state index contributed by atoms with van der Waals surface area (Å²) in [6, 6.07) is 0. The van der Waals surface area contributed by atoms with Gasteiger partial charge in [-0.1, -0.05) is 15.9 Å². The van der Waals surface area contributed by atoms with Gasteiger partial charge in [0.1, 0.15) is 0 Å². The lowest BCUT2D eigenvalue weighted by molar-refractivity contribution is 0.0942. The lowest BCUT2D eigenvalue weighted by Gasteiger charge is -2.25. The second kappa shape index (κ2) is 6.07. The van der Waals surface area contributed by atoms with Gasteiger partial charge in [-0.2, -0.15) is 5.10 Å². The number of hydrogen-bond acceptors (Lipinski definition) is 2. The molecule has 5 heteroatoms. The highest BCUT2D eigenvalue weighted by molar-refractivity contribution is 9.09. The van der Waals surface area contributed by atoms with E-state index < -0.39 is 0 Å². The van der Waals surface area contributed by atoms with Crippen LogP contribution in [0.25, 0.3) is 0 Å². The van der Waals surface area contributed by atoms with E-state index in [2.05, 4.69) is 26.3 Å². The Hall–Kier alpha value is -0.840. The fourth-order valence-electron chi connectivity index (χ4n) is 2.75. The molecule has 0 radical (unpaired) electrons. The van der Waals surface area contributed by atoms with Crippen molar-refractivity contribution in [3.8, 4) is 0 Å². The van der Waals surface area contributed by atoms with Crippen molar-refractivity contribution >= 4 is 21.8 Å². The maximum atomic E-state index is 12.2. The van der Waals surface area contributed by atoms with Crippen LogP contribution in [-0.2, 0) is 7.05 Å². The number of halogens is 1. The molecular formula is C14H22BrN3O. The van der Waals surface area contributed by atoms with Crippen LogP contribution in [0, 0.1) is 19.8 Å². The SMILES string of the molecule is Cc1nn(C)c(C)c1C(=O)NCC1CCC(Br)CC1. The predicted octanol–water partition coefficient (Wildman–Crippen LogP) is 2.72. The van der Waals surface area contributed by atoms with Crippen molar-refractivity contribution in [1.29, 1.82) is 0 Å². The van der Waals surface area contributed by atoms with Gasteiger partial charge in [-0.25, -0.2) is 0 Å². The Morgan fingerprint density at radius 1 is 1.37 bits per heavy atom. The summed E-state index contributed by atoms with van der Waals surface area (Å²) in [6.45, 7) is 4.61. The Morgan fingerprint density at radius 3 is 2.53 bits per heavy atom. The van der Waals surface area contributed by atoms with Crippen LogP contribution in [0.4, 0.5) is 0 Å². The van der Waals surface area contributed by atoms with Gasteiger partial charge in [-0.15, -0.1) is 0 Å². The summed E-state index contributed by atoms with van der Waals surface area (Å²) in [5.41, 5.74) is 2.47. The highest BCUT2D eigenvalue weighted by atomic mass is 79.9. The number of carbonyl (C=O) groups is 1. The molecule has 1 heterocycles. The minimum Gasteiger partial charge on any atom is -0.352 e. The quantitative estimate of drug-likeness (QED) is 0.867. The van der Waals surface area contributed by atoms with Crippen LogP contribution >= 0.6 is 15.9 Å².